The predicted molar refractivity (Wildman–Crippen MR) is 56.6 cm³/mol. The Labute approximate surface area is 93.0 Å². The summed E-state index contributed by atoms with van der Waals surface area (Å²) in [6, 6.07) is 2.81. The van der Waals surface area contributed by atoms with Crippen molar-refractivity contribution in [3.8, 4) is 0 Å². The fraction of sp³-hybridized carbons (Fsp3) is 0.333. The quantitative estimate of drug-likeness (QED) is 0.724. The molecule has 0 atom stereocenters. The van der Waals surface area contributed by atoms with Gasteiger partial charge in [-0.15, -0.1) is 0 Å². The second kappa shape index (κ2) is 4.58. The number of rotatable bonds is 4. The van der Waals surface area contributed by atoms with E-state index in [0.717, 1.165) is 0 Å². The molecule has 0 saturated carbocycles. The number of amides is 1. The highest BCUT2D eigenvalue weighted by molar-refractivity contribution is 7.91. The Morgan fingerprint density at radius 3 is 2.62 bits per heavy atom. The van der Waals surface area contributed by atoms with Crippen molar-refractivity contribution < 1.29 is 18.3 Å². The van der Waals surface area contributed by atoms with E-state index >= 15 is 0 Å². The molecule has 0 saturated heterocycles. The van der Waals surface area contributed by atoms with E-state index in [9.17, 15) is 13.2 Å². The monoisotopic (exact) mass is 244 g/mol. The Morgan fingerprint density at radius 2 is 2.12 bits per heavy atom. The number of nitrogens with zero attached hydrogens (tertiary/aromatic N) is 1. The summed E-state index contributed by atoms with van der Waals surface area (Å²) in [6.07, 6.45) is 0. The molecule has 0 aliphatic heterocycles. The number of aliphatic hydroxyl groups excluding tert-OH is 1. The number of hydrogen-bond acceptors (Lipinski definition) is 5. The van der Waals surface area contributed by atoms with E-state index in [1.165, 1.54) is 12.1 Å². The van der Waals surface area contributed by atoms with Crippen LogP contribution in [0.15, 0.2) is 17.2 Å². The Hall–Kier alpha value is -1.47. The summed E-state index contributed by atoms with van der Waals surface area (Å²) in [4.78, 5) is 14.8. The number of hydrogen-bond donors (Lipinski definition) is 2. The molecule has 1 aromatic heterocycles. The van der Waals surface area contributed by atoms with Crippen LogP contribution in [-0.4, -0.2) is 36.8 Å². The molecule has 3 N–H and O–H groups in total. The Morgan fingerprint density at radius 1 is 1.50 bits per heavy atom. The van der Waals surface area contributed by atoms with Crippen LogP contribution < -0.4 is 5.73 Å². The zero-order valence-electron chi connectivity index (χ0n) is 8.67. The van der Waals surface area contributed by atoms with E-state index in [1.807, 2.05) is 0 Å². The van der Waals surface area contributed by atoms with Crippen molar-refractivity contribution in [2.24, 2.45) is 5.73 Å². The molecular formula is C9H12N2O4S. The number of pyridine rings is 1. The van der Waals surface area contributed by atoms with E-state index in [2.05, 4.69) is 4.98 Å². The first kappa shape index (κ1) is 12.6. The lowest BCUT2D eigenvalue weighted by Gasteiger charge is -2.06. The molecule has 1 amide bonds. The zero-order chi connectivity index (χ0) is 12.3. The van der Waals surface area contributed by atoms with Gasteiger partial charge in [0.15, 0.2) is 14.9 Å². The van der Waals surface area contributed by atoms with Crippen molar-refractivity contribution in [1.82, 2.24) is 4.98 Å². The van der Waals surface area contributed by atoms with Crippen molar-refractivity contribution in [2.45, 2.75) is 11.9 Å². The maximum absolute atomic E-state index is 11.7. The lowest BCUT2D eigenvalue weighted by atomic mass is 10.2. The van der Waals surface area contributed by atoms with Gasteiger partial charge in [0.05, 0.1) is 17.9 Å². The number of sulfone groups is 1. The van der Waals surface area contributed by atoms with Gasteiger partial charge in [-0.1, -0.05) is 0 Å². The van der Waals surface area contributed by atoms with Gasteiger partial charge in [0.25, 0.3) is 5.91 Å². The number of carbonyl (C=O) groups excluding carboxylic acids is 1. The Bertz CT molecular complexity index is 510. The van der Waals surface area contributed by atoms with Crippen molar-refractivity contribution in [3.05, 3.63) is 23.4 Å². The van der Waals surface area contributed by atoms with Crippen molar-refractivity contribution in [3.63, 3.8) is 0 Å². The molecule has 7 heteroatoms. The Balaban J connectivity index is 3.42. The molecule has 16 heavy (non-hydrogen) atoms. The highest BCUT2D eigenvalue weighted by Gasteiger charge is 2.22. The van der Waals surface area contributed by atoms with Gasteiger partial charge in [0, 0.05) is 5.69 Å². The fourth-order valence-corrected chi connectivity index (χ4v) is 2.39. The molecule has 0 fully saturated rings. The smallest absolute Gasteiger partial charge is 0.251 e. The molecule has 0 aliphatic carbocycles. The first-order chi connectivity index (χ1) is 7.38. The summed E-state index contributed by atoms with van der Waals surface area (Å²) < 4.78 is 23.4. The molecule has 0 unspecified atom stereocenters. The summed E-state index contributed by atoms with van der Waals surface area (Å²) in [5.74, 6) is -1.34. The average Bonchev–Trinajstić information content (AvgIpc) is 2.17. The first-order valence-electron chi connectivity index (χ1n) is 4.49. The van der Waals surface area contributed by atoms with Gasteiger partial charge >= 0.3 is 0 Å². The van der Waals surface area contributed by atoms with Crippen LogP contribution >= 0.6 is 0 Å². The van der Waals surface area contributed by atoms with E-state index in [-0.39, 0.29) is 10.6 Å². The minimum Gasteiger partial charge on any atom is -0.395 e. The third kappa shape index (κ3) is 2.56. The van der Waals surface area contributed by atoms with Gasteiger partial charge in [-0.05, 0) is 19.1 Å². The standard InChI is InChI=1S/C9H12N2O4S/c1-6-2-3-7(8(10)13)9(11-6)16(14,15)5-4-12/h2-3,12H,4-5H2,1H3,(H2,10,13). The van der Waals surface area contributed by atoms with E-state index < -0.39 is 28.1 Å². The third-order valence-electron chi connectivity index (χ3n) is 1.92. The normalized spacial score (nSPS) is 11.4. The minimum absolute atomic E-state index is 0.154. The van der Waals surface area contributed by atoms with Crippen LogP contribution in [0.3, 0.4) is 0 Å². The van der Waals surface area contributed by atoms with Gasteiger partial charge in [-0.25, -0.2) is 13.4 Å². The summed E-state index contributed by atoms with van der Waals surface area (Å²) in [6.45, 7) is 1.07. The van der Waals surface area contributed by atoms with Crippen LogP contribution in [0.4, 0.5) is 0 Å². The lowest BCUT2D eigenvalue weighted by molar-refractivity contribution is 0.0996. The number of aliphatic hydroxyl groups is 1. The van der Waals surface area contributed by atoms with Crippen LogP contribution in [-0.2, 0) is 9.84 Å². The number of nitrogens with two attached hydrogens (primary N) is 1. The van der Waals surface area contributed by atoms with Crippen molar-refractivity contribution >= 4 is 15.7 Å². The molecule has 1 rings (SSSR count). The molecule has 0 aromatic carbocycles. The minimum atomic E-state index is -3.77. The van der Waals surface area contributed by atoms with E-state index in [0.29, 0.717) is 5.69 Å². The maximum atomic E-state index is 11.7. The second-order valence-electron chi connectivity index (χ2n) is 3.21. The van der Waals surface area contributed by atoms with Crippen LogP contribution in [0.1, 0.15) is 16.1 Å². The molecular weight excluding hydrogens is 232 g/mol. The van der Waals surface area contributed by atoms with Gasteiger partial charge in [-0.3, -0.25) is 4.79 Å². The number of carbonyl (C=O) groups is 1. The highest BCUT2D eigenvalue weighted by Crippen LogP contribution is 2.14. The molecule has 0 spiro atoms. The molecule has 0 aliphatic rings. The topological polar surface area (TPSA) is 110 Å². The predicted octanol–water partition coefficient (Wildman–Crippen LogP) is -0.745. The van der Waals surface area contributed by atoms with Gasteiger partial charge < -0.3 is 10.8 Å². The van der Waals surface area contributed by atoms with Crippen LogP contribution in [0.5, 0.6) is 0 Å². The second-order valence-corrected chi connectivity index (χ2v) is 5.24. The zero-order valence-corrected chi connectivity index (χ0v) is 9.49. The molecule has 88 valence electrons. The maximum Gasteiger partial charge on any atom is 0.251 e. The van der Waals surface area contributed by atoms with Crippen LogP contribution in [0.25, 0.3) is 0 Å². The SMILES string of the molecule is Cc1ccc(C(N)=O)c(S(=O)(=O)CCO)n1. The van der Waals surface area contributed by atoms with Gasteiger partial charge in [0.2, 0.25) is 0 Å². The third-order valence-corrected chi connectivity index (χ3v) is 3.54. The first-order valence-corrected chi connectivity index (χ1v) is 6.15. The molecule has 6 nitrogen and oxygen atoms in total. The number of primary amides is 1. The summed E-state index contributed by atoms with van der Waals surface area (Å²) in [7, 11) is -3.77. The molecule has 0 radical (unpaired) electrons. The largest absolute Gasteiger partial charge is 0.395 e. The number of aromatic nitrogens is 1. The lowest BCUT2D eigenvalue weighted by Crippen LogP contribution is -2.20. The van der Waals surface area contributed by atoms with Crippen LogP contribution in [0, 0.1) is 6.92 Å². The summed E-state index contributed by atoms with van der Waals surface area (Å²) >= 11 is 0. The summed E-state index contributed by atoms with van der Waals surface area (Å²) in [5.41, 5.74) is 5.36. The highest BCUT2D eigenvalue weighted by atomic mass is 32.2. The average molecular weight is 244 g/mol. The number of aryl methyl sites for hydroxylation is 1. The molecule has 1 heterocycles. The van der Waals surface area contributed by atoms with Gasteiger partial charge in [-0.2, -0.15) is 0 Å². The molecule has 1 aromatic rings. The van der Waals surface area contributed by atoms with E-state index in [1.54, 1.807) is 6.92 Å². The van der Waals surface area contributed by atoms with Crippen LogP contribution in [0.2, 0.25) is 0 Å². The Kier molecular flexibility index (Phi) is 3.61. The van der Waals surface area contributed by atoms with Crippen molar-refractivity contribution in [1.29, 1.82) is 0 Å². The molecule has 0 bridgehead atoms. The fourth-order valence-electron chi connectivity index (χ4n) is 1.17. The van der Waals surface area contributed by atoms with E-state index in [4.69, 9.17) is 10.8 Å². The summed E-state index contributed by atoms with van der Waals surface area (Å²) in [5, 5.41) is 8.27. The van der Waals surface area contributed by atoms with Gasteiger partial charge in [0.1, 0.15) is 0 Å². The van der Waals surface area contributed by atoms with Crippen molar-refractivity contribution in [2.75, 3.05) is 12.4 Å².